The molecule has 0 fully saturated rings. The average Bonchev–Trinajstić information content (AvgIpc) is 3.03. The van der Waals surface area contributed by atoms with Crippen LogP contribution in [0.4, 0.5) is 0 Å². The van der Waals surface area contributed by atoms with E-state index < -0.39 is 0 Å². The van der Waals surface area contributed by atoms with Crippen molar-refractivity contribution in [3.63, 3.8) is 0 Å². The zero-order valence-electron chi connectivity index (χ0n) is 15.2. The summed E-state index contributed by atoms with van der Waals surface area (Å²) < 4.78 is 11.3. The molecule has 0 aliphatic carbocycles. The maximum absolute atomic E-state index is 12.3. The Labute approximate surface area is 153 Å². The van der Waals surface area contributed by atoms with Crippen LogP contribution >= 0.6 is 0 Å². The maximum Gasteiger partial charge on any atom is 0.251 e. The third-order valence-corrected chi connectivity index (χ3v) is 3.95. The SMILES string of the molecule is CC(C)OCCCNC(=O)c1ccc2nc(Cc3ccccc3)oc2c1. The van der Waals surface area contributed by atoms with E-state index in [9.17, 15) is 4.79 Å². The number of amides is 1. The molecule has 26 heavy (non-hydrogen) atoms. The van der Waals surface area contributed by atoms with Crippen LogP contribution in [0.5, 0.6) is 0 Å². The van der Waals surface area contributed by atoms with E-state index in [1.54, 1.807) is 12.1 Å². The Morgan fingerprint density at radius 1 is 1.19 bits per heavy atom. The van der Waals surface area contributed by atoms with Gasteiger partial charge in [0.1, 0.15) is 5.52 Å². The van der Waals surface area contributed by atoms with Crippen molar-refractivity contribution in [1.82, 2.24) is 10.3 Å². The molecular weight excluding hydrogens is 328 g/mol. The molecule has 0 saturated heterocycles. The van der Waals surface area contributed by atoms with Gasteiger partial charge in [0, 0.05) is 25.1 Å². The lowest BCUT2D eigenvalue weighted by atomic mass is 10.1. The Kier molecular flexibility index (Phi) is 6.02. The van der Waals surface area contributed by atoms with Gasteiger partial charge in [-0.1, -0.05) is 30.3 Å². The fourth-order valence-electron chi connectivity index (χ4n) is 2.65. The van der Waals surface area contributed by atoms with Crippen molar-refractivity contribution in [2.75, 3.05) is 13.2 Å². The molecule has 0 bridgehead atoms. The molecule has 1 amide bonds. The number of carbonyl (C=O) groups excluding carboxylic acids is 1. The monoisotopic (exact) mass is 352 g/mol. The minimum atomic E-state index is -0.113. The highest BCUT2D eigenvalue weighted by molar-refractivity contribution is 5.97. The summed E-state index contributed by atoms with van der Waals surface area (Å²) in [5, 5.41) is 2.90. The lowest BCUT2D eigenvalue weighted by Gasteiger charge is -2.08. The number of ether oxygens (including phenoxy) is 1. The number of rotatable bonds is 8. The van der Waals surface area contributed by atoms with Crippen LogP contribution < -0.4 is 5.32 Å². The third-order valence-electron chi connectivity index (χ3n) is 3.95. The van der Waals surface area contributed by atoms with E-state index in [0.29, 0.717) is 36.6 Å². The number of aromatic nitrogens is 1. The molecule has 3 aromatic rings. The minimum Gasteiger partial charge on any atom is -0.440 e. The number of hydrogen-bond acceptors (Lipinski definition) is 4. The second-order valence-corrected chi connectivity index (χ2v) is 6.48. The summed E-state index contributed by atoms with van der Waals surface area (Å²) in [5.74, 6) is 0.534. The molecule has 5 heteroatoms. The van der Waals surface area contributed by atoms with Crippen LogP contribution in [0.2, 0.25) is 0 Å². The Morgan fingerprint density at radius 3 is 2.77 bits per heavy atom. The average molecular weight is 352 g/mol. The fraction of sp³-hybridized carbons (Fsp3) is 0.333. The van der Waals surface area contributed by atoms with Crippen LogP contribution in [-0.2, 0) is 11.2 Å². The summed E-state index contributed by atoms with van der Waals surface area (Å²) in [6, 6.07) is 15.4. The second-order valence-electron chi connectivity index (χ2n) is 6.48. The predicted molar refractivity (Wildman–Crippen MR) is 101 cm³/mol. The van der Waals surface area contributed by atoms with Crippen molar-refractivity contribution in [2.24, 2.45) is 0 Å². The molecule has 3 rings (SSSR count). The van der Waals surface area contributed by atoms with Gasteiger partial charge in [-0.25, -0.2) is 4.98 Å². The summed E-state index contributed by atoms with van der Waals surface area (Å²) >= 11 is 0. The van der Waals surface area contributed by atoms with E-state index in [4.69, 9.17) is 9.15 Å². The molecule has 2 aromatic carbocycles. The summed E-state index contributed by atoms with van der Waals surface area (Å²) in [5.41, 5.74) is 3.11. The Bertz CT molecular complexity index is 856. The molecule has 0 aliphatic rings. The van der Waals surface area contributed by atoms with Crippen molar-refractivity contribution in [3.05, 3.63) is 65.5 Å². The molecule has 1 N–H and O–H groups in total. The second kappa shape index (κ2) is 8.63. The normalized spacial score (nSPS) is 11.2. The Morgan fingerprint density at radius 2 is 2.00 bits per heavy atom. The fourth-order valence-corrected chi connectivity index (χ4v) is 2.65. The van der Waals surface area contributed by atoms with E-state index >= 15 is 0 Å². The zero-order chi connectivity index (χ0) is 18.4. The molecule has 5 nitrogen and oxygen atoms in total. The molecule has 1 heterocycles. The first kappa shape index (κ1) is 18.1. The van der Waals surface area contributed by atoms with E-state index in [0.717, 1.165) is 17.5 Å². The molecule has 1 aromatic heterocycles. The van der Waals surface area contributed by atoms with Crippen LogP contribution in [0.25, 0.3) is 11.1 Å². The van der Waals surface area contributed by atoms with E-state index in [2.05, 4.69) is 10.3 Å². The van der Waals surface area contributed by atoms with Gasteiger partial charge >= 0.3 is 0 Å². The number of carbonyl (C=O) groups is 1. The van der Waals surface area contributed by atoms with Gasteiger partial charge in [0.25, 0.3) is 5.91 Å². The minimum absolute atomic E-state index is 0.113. The first-order valence-corrected chi connectivity index (χ1v) is 8.95. The van der Waals surface area contributed by atoms with Gasteiger partial charge in [-0.05, 0) is 44.0 Å². The van der Waals surface area contributed by atoms with Gasteiger partial charge < -0.3 is 14.5 Å². The van der Waals surface area contributed by atoms with Crippen LogP contribution in [0, 0.1) is 0 Å². The summed E-state index contributed by atoms with van der Waals surface area (Å²) in [6.07, 6.45) is 1.63. The van der Waals surface area contributed by atoms with Gasteiger partial charge in [0.2, 0.25) is 0 Å². The summed E-state index contributed by atoms with van der Waals surface area (Å²) in [6.45, 7) is 5.22. The third kappa shape index (κ3) is 4.92. The maximum atomic E-state index is 12.3. The van der Waals surface area contributed by atoms with Crippen molar-refractivity contribution >= 4 is 17.0 Å². The molecule has 0 radical (unpaired) electrons. The van der Waals surface area contributed by atoms with E-state index in [1.807, 2.05) is 50.2 Å². The highest BCUT2D eigenvalue weighted by Gasteiger charge is 2.11. The van der Waals surface area contributed by atoms with E-state index in [-0.39, 0.29) is 12.0 Å². The lowest BCUT2D eigenvalue weighted by Crippen LogP contribution is -2.25. The van der Waals surface area contributed by atoms with Gasteiger partial charge in [0.05, 0.1) is 6.10 Å². The molecule has 0 saturated carbocycles. The van der Waals surface area contributed by atoms with Crippen LogP contribution in [0.1, 0.15) is 42.1 Å². The van der Waals surface area contributed by atoms with Crippen LogP contribution in [-0.4, -0.2) is 30.1 Å². The Hall–Kier alpha value is -2.66. The highest BCUT2D eigenvalue weighted by atomic mass is 16.5. The molecule has 0 unspecified atom stereocenters. The Balaban J connectivity index is 1.60. The number of benzene rings is 2. The predicted octanol–water partition coefficient (Wildman–Crippen LogP) is 3.96. The van der Waals surface area contributed by atoms with Crippen molar-refractivity contribution in [1.29, 1.82) is 0 Å². The van der Waals surface area contributed by atoms with Gasteiger partial charge in [-0.3, -0.25) is 4.79 Å². The number of oxazole rings is 1. The highest BCUT2D eigenvalue weighted by Crippen LogP contribution is 2.19. The number of nitrogens with one attached hydrogen (secondary N) is 1. The smallest absolute Gasteiger partial charge is 0.251 e. The largest absolute Gasteiger partial charge is 0.440 e. The van der Waals surface area contributed by atoms with Gasteiger partial charge in [-0.2, -0.15) is 0 Å². The first-order valence-electron chi connectivity index (χ1n) is 8.95. The number of hydrogen-bond donors (Lipinski definition) is 1. The topological polar surface area (TPSA) is 64.4 Å². The quantitative estimate of drug-likeness (QED) is 0.623. The number of fused-ring (bicyclic) bond motifs is 1. The zero-order valence-corrected chi connectivity index (χ0v) is 15.2. The van der Waals surface area contributed by atoms with Crippen LogP contribution in [0.15, 0.2) is 52.9 Å². The van der Waals surface area contributed by atoms with E-state index in [1.165, 1.54) is 0 Å². The molecule has 0 aliphatic heterocycles. The first-order chi connectivity index (χ1) is 12.6. The molecule has 0 atom stereocenters. The van der Waals surface area contributed by atoms with Crippen molar-refractivity contribution in [3.8, 4) is 0 Å². The molecule has 136 valence electrons. The van der Waals surface area contributed by atoms with Crippen molar-refractivity contribution < 1.29 is 13.9 Å². The standard InChI is InChI=1S/C21H24N2O3/c1-15(2)25-12-6-11-22-21(24)17-9-10-18-19(14-17)26-20(23-18)13-16-7-4-3-5-8-16/h3-5,7-10,14-15H,6,11-13H2,1-2H3,(H,22,24). The summed E-state index contributed by atoms with van der Waals surface area (Å²) in [7, 11) is 0. The summed E-state index contributed by atoms with van der Waals surface area (Å²) in [4.78, 5) is 16.8. The molecule has 0 spiro atoms. The van der Waals surface area contributed by atoms with Gasteiger partial charge in [0.15, 0.2) is 11.5 Å². The van der Waals surface area contributed by atoms with Crippen molar-refractivity contribution in [2.45, 2.75) is 32.8 Å². The number of nitrogens with zero attached hydrogens (tertiary/aromatic N) is 1. The molecular formula is C21H24N2O3. The van der Waals surface area contributed by atoms with Gasteiger partial charge in [-0.15, -0.1) is 0 Å². The lowest BCUT2D eigenvalue weighted by molar-refractivity contribution is 0.0757. The van der Waals surface area contributed by atoms with Crippen LogP contribution in [0.3, 0.4) is 0 Å².